The summed E-state index contributed by atoms with van der Waals surface area (Å²) < 4.78 is 23.2. The van der Waals surface area contributed by atoms with Gasteiger partial charge in [-0.3, -0.25) is 0 Å². The van der Waals surface area contributed by atoms with Crippen molar-refractivity contribution < 1.29 is 29.2 Å². The molecule has 0 aliphatic carbocycles. The van der Waals surface area contributed by atoms with Crippen molar-refractivity contribution in [1.82, 2.24) is 0 Å². The fourth-order valence-corrected chi connectivity index (χ4v) is 3.88. The Bertz CT molecular complexity index is 754. The highest BCUT2D eigenvalue weighted by Crippen LogP contribution is 2.42. The van der Waals surface area contributed by atoms with Crippen LogP contribution < -0.4 is 0 Å². The zero-order valence-corrected chi connectivity index (χ0v) is 16.3. The molecule has 0 saturated carbocycles. The van der Waals surface area contributed by atoms with E-state index in [0.717, 1.165) is 0 Å². The Morgan fingerprint density at radius 1 is 0.750 bits per heavy atom. The average molecular weight is 427 g/mol. The summed E-state index contributed by atoms with van der Waals surface area (Å²) in [4.78, 5) is 0. The number of halogens is 2. The van der Waals surface area contributed by atoms with Crippen molar-refractivity contribution in [2.45, 2.75) is 34.9 Å². The summed E-state index contributed by atoms with van der Waals surface area (Å²) in [6.45, 7) is -0.373. The monoisotopic (exact) mass is 426 g/mol. The van der Waals surface area contributed by atoms with Crippen LogP contribution in [0.5, 0.6) is 0 Å². The molecule has 2 aliphatic heterocycles. The molecular formula is C20H20Cl2O6. The van der Waals surface area contributed by atoms with E-state index in [1.807, 2.05) is 12.1 Å². The maximum Gasteiger partial charge on any atom is 0.276 e. The maximum absolute atomic E-state index is 10.8. The number of rotatable bonds is 2. The van der Waals surface area contributed by atoms with Gasteiger partial charge in [-0.05, 0) is 0 Å². The topological polar surface area (TPSA) is 77.4 Å². The lowest BCUT2D eigenvalue weighted by Crippen LogP contribution is -2.54. The first-order chi connectivity index (χ1) is 13.4. The summed E-state index contributed by atoms with van der Waals surface area (Å²) in [5.74, 6) is 0. The second-order valence-corrected chi connectivity index (χ2v) is 7.72. The fraction of sp³-hybridized carbons (Fsp3) is 0.400. The van der Waals surface area contributed by atoms with Gasteiger partial charge in [-0.15, -0.1) is 0 Å². The molecule has 0 spiro atoms. The minimum absolute atomic E-state index is 0.132. The minimum Gasteiger partial charge on any atom is -0.388 e. The van der Waals surface area contributed by atoms with Crippen molar-refractivity contribution in [2.75, 3.05) is 13.2 Å². The van der Waals surface area contributed by atoms with Crippen molar-refractivity contribution in [3.05, 3.63) is 71.8 Å². The van der Waals surface area contributed by atoms with Gasteiger partial charge in [-0.2, -0.15) is 0 Å². The van der Waals surface area contributed by atoms with Crippen LogP contribution in [-0.4, -0.2) is 47.8 Å². The molecule has 2 aromatic carbocycles. The van der Waals surface area contributed by atoms with Gasteiger partial charge in [0.1, 0.15) is 24.4 Å². The van der Waals surface area contributed by atoms with E-state index in [0.29, 0.717) is 11.1 Å². The fourth-order valence-electron chi connectivity index (χ4n) is 3.28. The van der Waals surface area contributed by atoms with E-state index >= 15 is 0 Å². The number of alkyl halides is 2. The molecular weight excluding hydrogens is 407 g/mol. The Balaban J connectivity index is 1.67. The highest BCUT2D eigenvalue weighted by Gasteiger charge is 2.51. The highest BCUT2D eigenvalue weighted by atomic mass is 35.5. The molecule has 2 aromatic rings. The molecule has 2 unspecified atom stereocenters. The number of benzene rings is 2. The zero-order chi connectivity index (χ0) is 19.8. The second kappa shape index (κ2) is 7.89. The Morgan fingerprint density at radius 2 is 1.25 bits per heavy atom. The molecule has 0 aromatic heterocycles. The molecule has 28 heavy (non-hydrogen) atoms. The van der Waals surface area contributed by atoms with Crippen molar-refractivity contribution in [3.8, 4) is 0 Å². The average Bonchev–Trinajstić information content (AvgIpc) is 2.86. The molecule has 6 nitrogen and oxygen atoms in total. The number of fused-ring (bicyclic) bond motifs is 2. The third-order valence-electron chi connectivity index (χ3n) is 4.80. The first-order valence-corrected chi connectivity index (χ1v) is 9.65. The molecule has 0 radical (unpaired) electrons. The number of aliphatic hydroxyl groups excluding tert-OH is 2. The van der Waals surface area contributed by atoms with Crippen LogP contribution >= 0.6 is 23.2 Å². The van der Waals surface area contributed by atoms with Crippen LogP contribution in [0.2, 0.25) is 0 Å². The van der Waals surface area contributed by atoms with Gasteiger partial charge >= 0.3 is 0 Å². The lowest BCUT2D eigenvalue weighted by atomic mass is 10.0. The molecule has 150 valence electrons. The number of hydrogen-bond donors (Lipinski definition) is 2. The molecule has 4 rings (SSSR count). The van der Waals surface area contributed by atoms with Gasteiger partial charge in [-0.1, -0.05) is 83.9 Å². The minimum atomic E-state index is -1.70. The predicted octanol–water partition coefficient (Wildman–Crippen LogP) is 2.64. The van der Waals surface area contributed by atoms with Crippen molar-refractivity contribution >= 4 is 23.2 Å². The number of hydrogen-bond acceptors (Lipinski definition) is 6. The van der Waals surface area contributed by atoms with Gasteiger partial charge in [0.05, 0.1) is 13.2 Å². The summed E-state index contributed by atoms with van der Waals surface area (Å²) in [6, 6.07) is 17.7. The molecule has 8 heteroatoms. The summed E-state index contributed by atoms with van der Waals surface area (Å²) in [6.07, 6.45) is -4.53. The van der Waals surface area contributed by atoms with Gasteiger partial charge in [0, 0.05) is 11.1 Å². The van der Waals surface area contributed by atoms with Gasteiger partial charge < -0.3 is 29.2 Å². The first kappa shape index (κ1) is 20.1. The van der Waals surface area contributed by atoms with Crippen LogP contribution in [0.3, 0.4) is 0 Å². The van der Waals surface area contributed by atoms with E-state index in [9.17, 15) is 10.2 Å². The SMILES string of the molecule is O[C@@H]1[C@H]2OC(Cl)(c3ccccc3)OC[C@H]1OC(Cl)(c1ccccc1)OC[C@@H]2O. The largest absolute Gasteiger partial charge is 0.388 e. The molecule has 2 aliphatic rings. The third kappa shape index (κ3) is 3.79. The number of aliphatic hydroxyl groups is 2. The van der Waals surface area contributed by atoms with Crippen molar-refractivity contribution in [2.24, 2.45) is 0 Å². The smallest absolute Gasteiger partial charge is 0.276 e. The van der Waals surface area contributed by atoms with Crippen LogP contribution in [-0.2, 0) is 29.4 Å². The Morgan fingerprint density at radius 3 is 1.82 bits per heavy atom. The molecule has 2 saturated heterocycles. The third-order valence-corrected chi connectivity index (χ3v) is 5.63. The summed E-state index contributed by atoms with van der Waals surface area (Å²) in [5, 5.41) is 18.1. The van der Waals surface area contributed by atoms with Crippen LogP contribution in [0, 0.1) is 0 Å². The maximum atomic E-state index is 10.8. The lowest BCUT2D eigenvalue weighted by Gasteiger charge is -2.39. The molecule has 2 fully saturated rings. The lowest BCUT2D eigenvalue weighted by molar-refractivity contribution is -0.276. The molecule has 6 atom stereocenters. The Hall–Kier alpha value is -1.22. The number of ether oxygens (including phenoxy) is 4. The first-order valence-electron chi connectivity index (χ1n) is 8.90. The van der Waals surface area contributed by atoms with E-state index in [-0.39, 0.29) is 13.2 Å². The summed E-state index contributed by atoms with van der Waals surface area (Å²) >= 11 is 13.2. The van der Waals surface area contributed by atoms with E-state index in [2.05, 4.69) is 0 Å². The van der Waals surface area contributed by atoms with E-state index in [4.69, 9.17) is 42.1 Å². The van der Waals surface area contributed by atoms with E-state index in [1.54, 1.807) is 48.5 Å². The van der Waals surface area contributed by atoms with E-state index in [1.165, 1.54) is 0 Å². The van der Waals surface area contributed by atoms with Gasteiger partial charge in [0.15, 0.2) is 0 Å². The molecule has 2 bridgehead atoms. The van der Waals surface area contributed by atoms with Crippen molar-refractivity contribution in [3.63, 3.8) is 0 Å². The van der Waals surface area contributed by atoms with Crippen LogP contribution in [0.15, 0.2) is 60.7 Å². The molecule has 0 amide bonds. The van der Waals surface area contributed by atoms with Gasteiger partial charge in [-0.25, -0.2) is 0 Å². The zero-order valence-electron chi connectivity index (χ0n) is 14.8. The van der Waals surface area contributed by atoms with E-state index < -0.39 is 34.9 Å². The molecule has 2 heterocycles. The van der Waals surface area contributed by atoms with Crippen LogP contribution in [0.25, 0.3) is 0 Å². The summed E-state index contributed by atoms with van der Waals surface area (Å²) in [7, 11) is 0. The van der Waals surface area contributed by atoms with Crippen molar-refractivity contribution in [1.29, 1.82) is 0 Å². The van der Waals surface area contributed by atoms with Crippen LogP contribution in [0.1, 0.15) is 11.1 Å². The summed E-state index contributed by atoms with van der Waals surface area (Å²) in [5.41, 5.74) is 1.06. The standard InChI is InChI=1S/C20H20Cl2O6/c21-19(13-7-3-1-4-8-13)25-11-15(23)18-17(24)16(27-19)12-26-20(22,28-18)14-9-5-2-6-10-14/h1-10,15-18,23-24H,11-12H2/t15-,16+,17-,18-,19?,20?/m0/s1. The van der Waals surface area contributed by atoms with Crippen LogP contribution in [0.4, 0.5) is 0 Å². The van der Waals surface area contributed by atoms with Gasteiger partial charge in [0.25, 0.3) is 10.5 Å². The normalized spacial score (nSPS) is 38.9. The Kier molecular flexibility index (Phi) is 5.66. The predicted molar refractivity (Wildman–Crippen MR) is 102 cm³/mol. The quantitative estimate of drug-likeness (QED) is 0.718. The molecule has 2 N–H and O–H groups in total. The van der Waals surface area contributed by atoms with Gasteiger partial charge in [0.2, 0.25) is 0 Å². The second-order valence-electron chi connectivity index (χ2n) is 6.72. The Labute approximate surface area is 172 Å². The highest BCUT2D eigenvalue weighted by molar-refractivity contribution is 6.22.